The smallest absolute Gasteiger partial charge is 0.252 e. The molecule has 1 aromatic carbocycles. The number of halogens is 2. The van der Waals surface area contributed by atoms with Gasteiger partial charge in [-0.2, -0.15) is 0 Å². The number of carbonyl (C=O) groups excluding carboxylic acids is 1. The van der Waals surface area contributed by atoms with Crippen LogP contribution < -0.4 is 5.32 Å². The van der Waals surface area contributed by atoms with E-state index in [-0.39, 0.29) is 17.9 Å². The number of amides is 1. The molecule has 116 valence electrons. The maximum Gasteiger partial charge on any atom is 0.252 e. The minimum absolute atomic E-state index is 0.228. The van der Waals surface area contributed by atoms with Crippen LogP contribution in [0, 0.1) is 11.2 Å². The van der Waals surface area contributed by atoms with Crippen LogP contribution in [0.5, 0.6) is 0 Å². The summed E-state index contributed by atoms with van der Waals surface area (Å²) in [4.78, 5) is 12.1. The summed E-state index contributed by atoms with van der Waals surface area (Å²) in [5, 5.41) is 13.3. The minimum Gasteiger partial charge on any atom is -0.388 e. The van der Waals surface area contributed by atoms with Gasteiger partial charge in [0, 0.05) is 11.0 Å². The number of benzene rings is 1. The molecule has 0 radical (unpaired) electrons. The summed E-state index contributed by atoms with van der Waals surface area (Å²) in [7, 11) is 0. The molecule has 1 aromatic rings. The van der Waals surface area contributed by atoms with E-state index in [9.17, 15) is 14.3 Å². The van der Waals surface area contributed by atoms with Crippen molar-refractivity contribution in [3.05, 3.63) is 34.1 Å². The van der Waals surface area contributed by atoms with Gasteiger partial charge in [-0.3, -0.25) is 4.79 Å². The average molecular weight is 358 g/mol. The lowest BCUT2D eigenvalue weighted by atomic mass is 9.71. The van der Waals surface area contributed by atoms with E-state index in [1.54, 1.807) is 0 Å². The standard InChI is InChI=1S/C16H21BrFNO2/c1-15(2)5-7-16(21,8-6-15)10-19-14(20)12-4-3-11(18)9-13(12)17/h3-4,9,21H,5-8,10H2,1-2H3,(H,19,20). The highest BCUT2D eigenvalue weighted by molar-refractivity contribution is 9.10. The van der Waals surface area contributed by atoms with Crippen molar-refractivity contribution in [3.8, 4) is 0 Å². The van der Waals surface area contributed by atoms with Gasteiger partial charge in [-0.05, 0) is 65.2 Å². The molecule has 0 saturated heterocycles. The second-order valence-electron chi connectivity index (χ2n) is 6.70. The Hall–Kier alpha value is -0.940. The molecular formula is C16H21BrFNO2. The van der Waals surface area contributed by atoms with E-state index in [0.29, 0.717) is 22.9 Å². The van der Waals surface area contributed by atoms with Crippen LogP contribution in [-0.2, 0) is 0 Å². The summed E-state index contributed by atoms with van der Waals surface area (Å²) in [5.41, 5.74) is -0.204. The van der Waals surface area contributed by atoms with Crippen LogP contribution in [0.25, 0.3) is 0 Å². The lowest BCUT2D eigenvalue weighted by Gasteiger charge is -2.40. The normalized spacial score (nSPS) is 20.0. The van der Waals surface area contributed by atoms with Crippen LogP contribution >= 0.6 is 15.9 Å². The molecule has 3 nitrogen and oxygen atoms in total. The van der Waals surface area contributed by atoms with Crippen molar-refractivity contribution in [2.75, 3.05) is 6.54 Å². The van der Waals surface area contributed by atoms with Gasteiger partial charge in [0.2, 0.25) is 0 Å². The predicted molar refractivity (Wildman–Crippen MR) is 83.6 cm³/mol. The van der Waals surface area contributed by atoms with Crippen molar-refractivity contribution in [2.24, 2.45) is 5.41 Å². The Morgan fingerprint density at radius 2 is 1.95 bits per heavy atom. The Balaban J connectivity index is 1.95. The zero-order valence-corrected chi connectivity index (χ0v) is 14.0. The fourth-order valence-corrected chi connectivity index (χ4v) is 3.11. The number of aliphatic hydroxyl groups is 1. The Morgan fingerprint density at radius 3 is 2.52 bits per heavy atom. The van der Waals surface area contributed by atoms with Crippen LogP contribution in [0.3, 0.4) is 0 Å². The zero-order chi connectivity index (χ0) is 15.7. The summed E-state index contributed by atoms with van der Waals surface area (Å²) >= 11 is 3.18. The Labute approximate surface area is 133 Å². The maximum absolute atomic E-state index is 13.0. The van der Waals surface area contributed by atoms with Crippen LogP contribution in [0.1, 0.15) is 49.9 Å². The summed E-state index contributed by atoms with van der Waals surface area (Å²) in [5.74, 6) is -0.702. The molecule has 1 aliphatic carbocycles. The molecule has 0 spiro atoms. The van der Waals surface area contributed by atoms with E-state index < -0.39 is 11.4 Å². The van der Waals surface area contributed by atoms with Gasteiger partial charge in [-0.25, -0.2) is 4.39 Å². The third-order valence-corrected chi connectivity index (χ3v) is 4.94. The fourth-order valence-electron chi connectivity index (χ4n) is 2.58. The molecule has 0 heterocycles. The molecule has 0 bridgehead atoms. The summed E-state index contributed by atoms with van der Waals surface area (Å²) in [6.45, 7) is 4.62. The van der Waals surface area contributed by atoms with Crippen LogP contribution in [0.4, 0.5) is 4.39 Å². The fraction of sp³-hybridized carbons (Fsp3) is 0.562. The molecular weight excluding hydrogens is 337 g/mol. The first-order chi connectivity index (χ1) is 9.71. The molecule has 0 aliphatic heterocycles. The predicted octanol–water partition coefficient (Wildman–Crippen LogP) is 3.65. The van der Waals surface area contributed by atoms with Gasteiger partial charge in [0.15, 0.2) is 0 Å². The average Bonchev–Trinajstić information content (AvgIpc) is 2.40. The van der Waals surface area contributed by atoms with Crippen LogP contribution in [-0.4, -0.2) is 23.2 Å². The lowest BCUT2D eigenvalue weighted by Crippen LogP contribution is -2.46. The Morgan fingerprint density at radius 1 is 1.33 bits per heavy atom. The third-order valence-electron chi connectivity index (χ3n) is 4.29. The second-order valence-corrected chi connectivity index (χ2v) is 7.55. The van der Waals surface area contributed by atoms with E-state index in [2.05, 4.69) is 35.1 Å². The van der Waals surface area contributed by atoms with Gasteiger partial charge in [-0.15, -0.1) is 0 Å². The summed E-state index contributed by atoms with van der Waals surface area (Å²) in [6, 6.07) is 3.94. The first-order valence-corrected chi connectivity index (χ1v) is 7.96. The van der Waals surface area contributed by atoms with Crippen LogP contribution in [0.2, 0.25) is 0 Å². The van der Waals surface area contributed by atoms with Gasteiger partial charge >= 0.3 is 0 Å². The maximum atomic E-state index is 13.0. The first-order valence-electron chi connectivity index (χ1n) is 7.17. The van der Waals surface area contributed by atoms with Crippen molar-refractivity contribution in [1.82, 2.24) is 5.32 Å². The van der Waals surface area contributed by atoms with Crippen molar-refractivity contribution >= 4 is 21.8 Å². The SMILES string of the molecule is CC1(C)CCC(O)(CNC(=O)c2ccc(F)cc2Br)CC1. The molecule has 2 N–H and O–H groups in total. The van der Waals surface area contributed by atoms with Crippen molar-refractivity contribution in [3.63, 3.8) is 0 Å². The van der Waals surface area contributed by atoms with Gasteiger partial charge in [-0.1, -0.05) is 13.8 Å². The zero-order valence-electron chi connectivity index (χ0n) is 12.4. The lowest BCUT2D eigenvalue weighted by molar-refractivity contribution is -0.0233. The highest BCUT2D eigenvalue weighted by atomic mass is 79.9. The monoisotopic (exact) mass is 357 g/mol. The molecule has 1 fully saturated rings. The van der Waals surface area contributed by atoms with Crippen molar-refractivity contribution in [2.45, 2.75) is 45.1 Å². The summed E-state index contributed by atoms with van der Waals surface area (Å²) < 4.78 is 13.4. The molecule has 0 unspecified atom stereocenters. The Kier molecular flexibility index (Phi) is 4.73. The molecule has 1 aliphatic rings. The number of nitrogens with one attached hydrogen (secondary N) is 1. The van der Waals surface area contributed by atoms with Gasteiger partial charge in [0.05, 0.1) is 11.2 Å². The number of carbonyl (C=O) groups is 1. The molecule has 0 aromatic heterocycles. The Bertz CT molecular complexity index is 535. The molecule has 1 saturated carbocycles. The van der Waals surface area contributed by atoms with Gasteiger partial charge < -0.3 is 10.4 Å². The second kappa shape index (κ2) is 6.05. The van der Waals surface area contributed by atoms with E-state index in [1.165, 1.54) is 18.2 Å². The van der Waals surface area contributed by atoms with E-state index in [4.69, 9.17) is 0 Å². The van der Waals surface area contributed by atoms with E-state index in [0.717, 1.165) is 12.8 Å². The number of rotatable bonds is 3. The molecule has 0 atom stereocenters. The molecule has 2 rings (SSSR count). The van der Waals surface area contributed by atoms with E-state index >= 15 is 0 Å². The van der Waals surface area contributed by atoms with Crippen molar-refractivity contribution < 1.29 is 14.3 Å². The largest absolute Gasteiger partial charge is 0.388 e. The molecule has 1 amide bonds. The third kappa shape index (κ3) is 4.27. The molecule has 21 heavy (non-hydrogen) atoms. The van der Waals surface area contributed by atoms with Crippen molar-refractivity contribution in [1.29, 1.82) is 0 Å². The summed E-state index contributed by atoms with van der Waals surface area (Å²) in [6.07, 6.45) is 3.26. The number of hydrogen-bond donors (Lipinski definition) is 2. The highest BCUT2D eigenvalue weighted by Crippen LogP contribution is 2.39. The number of hydrogen-bond acceptors (Lipinski definition) is 2. The van der Waals surface area contributed by atoms with Gasteiger partial charge in [0.25, 0.3) is 5.91 Å². The minimum atomic E-state index is -0.836. The van der Waals surface area contributed by atoms with Gasteiger partial charge in [0.1, 0.15) is 5.82 Å². The van der Waals surface area contributed by atoms with Crippen LogP contribution in [0.15, 0.2) is 22.7 Å². The quantitative estimate of drug-likeness (QED) is 0.867. The first kappa shape index (κ1) is 16.4. The topological polar surface area (TPSA) is 49.3 Å². The highest BCUT2D eigenvalue weighted by Gasteiger charge is 2.36. The molecule has 5 heteroatoms. The van der Waals surface area contributed by atoms with E-state index in [1.807, 2.05) is 0 Å².